The zero-order valence-electron chi connectivity index (χ0n) is 11.1. The summed E-state index contributed by atoms with van der Waals surface area (Å²) in [6.45, 7) is 2.73. The highest BCUT2D eigenvalue weighted by atomic mass is 16.4. The molecule has 0 heterocycles. The molecule has 0 aromatic rings. The first-order valence-corrected chi connectivity index (χ1v) is 7.06. The van der Waals surface area contributed by atoms with Crippen LogP contribution >= 0.6 is 0 Å². The van der Waals surface area contributed by atoms with Gasteiger partial charge < -0.3 is 10.8 Å². The van der Waals surface area contributed by atoms with E-state index >= 15 is 0 Å². The van der Waals surface area contributed by atoms with Crippen molar-refractivity contribution in [3.8, 4) is 0 Å². The molecule has 0 bridgehead atoms. The van der Waals surface area contributed by atoms with Crippen LogP contribution in [0.5, 0.6) is 0 Å². The zero-order valence-corrected chi connectivity index (χ0v) is 11.1. The summed E-state index contributed by atoms with van der Waals surface area (Å²) in [4.78, 5) is 11.1. The second-order valence-electron chi connectivity index (χ2n) is 5.58. The van der Waals surface area contributed by atoms with E-state index < -0.39 is 5.97 Å². The third-order valence-corrected chi connectivity index (χ3v) is 4.41. The van der Waals surface area contributed by atoms with Crippen LogP contribution in [-0.4, -0.2) is 17.6 Å². The summed E-state index contributed by atoms with van der Waals surface area (Å²) in [5, 5.41) is 9.14. The molecule has 1 aliphatic carbocycles. The van der Waals surface area contributed by atoms with E-state index in [0.29, 0.717) is 12.5 Å². The minimum atomic E-state index is -0.682. The van der Waals surface area contributed by atoms with E-state index in [0.717, 1.165) is 19.3 Å². The standard InChI is InChI=1S/C14H27NO2/c1-2-3-7-12-8-5-4-6-9-14(12,11-15)10-13(16)17/h12H,2-11,15H2,1H3,(H,16,17). The first-order valence-electron chi connectivity index (χ1n) is 7.06. The highest BCUT2D eigenvalue weighted by Crippen LogP contribution is 2.44. The summed E-state index contributed by atoms with van der Waals surface area (Å²) in [5.41, 5.74) is 5.83. The molecule has 0 saturated heterocycles. The minimum Gasteiger partial charge on any atom is -0.481 e. The Hall–Kier alpha value is -0.570. The SMILES string of the molecule is CCCCC1CCCCCC1(CN)CC(=O)O. The summed E-state index contributed by atoms with van der Waals surface area (Å²) < 4.78 is 0. The Morgan fingerprint density at radius 1 is 1.41 bits per heavy atom. The van der Waals surface area contributed by atoms with Gasteiger partial charge in [-0.25, -0.2) is 0 Å². The molecule has 0 aromatic heterocycles. The number of unbranched alkanes of at least 4 members (excludes halogenated alkanes) is 1. The van der Waals surface area contributed by atoms with Crippen molar-refractivity contribution in [2.45, 2.75) is 64.7 Å². The number of hydrogen-bond acceptors (Lipinski definition) is 2. The maximum atomic E-state index is 11.1. The van der Waals surface area contributed by atoms with E-state index in [4.69, 9.17) is 10.8 Å². The van der Waals surface area contributed by atoms with Gasteiger partial charge in [0.25, 0.3) is 0 Å². The summed E-state index contributed by atoms with van der Waals surface area (Å²) in [6.07, 6.45) is 9.61. The Labute approximate surface area is 105 Å². The van der Waals surface area contributed by atoms with Crippen LogP contribution in [0.2, 0.25) is 0 Å². The van der Waals surface area contributed by atoms with Gasteiger partial charge in [0.1, 0.15) is 0 Å². The molecule has 0 aromatic carbocycles. The lowest BCUT2D eigenvalue weighted by Crippen LogP contribution is -2.39. The molecule has 2 unspecified atom stereocenters. The molecule has 3 heteroatoms. The second-order valence-corrected chi connectivity index (χ2v) is 5.58. The molecule has 0 radical (unpaired) electrons. The first kappa shape index (κ1) is 14.5. The molecule has 3 N–H and O–H groups in total. The first-order chi connectivity index (χ1) is 8.14. The van der Waals surface area contributed by atoms with Crippen molar-refractivity contribution >= 4 is 5.97 Å². The van der Waals surface area contributed by atoms with Crippen LogP contribution in [-0.2, 0) is 4.79 Å². The molecule has 0 amide bonds. The van der Waals surface area contributed by atoms with Gasteiger partial charge in [-0.3, -0.25) is 4.79 Å². The topological polar surface area (TPSA) is 63.3 Å². The Kier molecular flexibility index (Phi) is 5.96. The van der Waals surface area contributed by atoms with Gasteiger partial charge in [-0.15, -0.1) is 0 Å². The van der Waals surface area contributed by atoms with E-state index in [1.165, 1.54) is 32.1 Å². The van der Waals surface area contributed by atoms with Crippen molar-refractivity contribution < 1.29 is 9.90 Å². The van der Waals surface area contributed by atoms with Gasteiger partial charge in [-0.2, -0.15) is 0 Å². The van der Waals surface area contributed by atoms with Gasteiger partial charge >= 0.3 is 5.97 Å². The van der Waals surface area contributed by atoms with E-state index in [2.05, 4.69) is 6.92 Å². The van der Waals surface area contributed by atoms with Gasteiger partial charge in [0, 0.05) is 0 Å². The monoisotopic (exact) mass is 241 g/mol. The molecule has 2 atom stereocenters. The normalized spacial score (nSPS) is 29.9. The van der Waals surface area contributed by atoms with Crippen molar-refractivity contribution in [1.82, 2.24) is 0 Å². The number of carboxylic acid groups (broad SMARTS) is 1. The number of carboxylic acids is 1. The smallest absolute Gasteiger partial charge is 0.303 e. The molecule has 1 fully saturated rings. The average molecular weight is 241 g/mol. The highest BCUT2D eigenvalue weighted by molar-refractivity contribution is 5.67. The number of aliphatic carboxylic acids is 1. The van der Waals surface area contributed by atoms with E-state index in [-0.39, 0.29) is 11.8 Å². The van der Waals surface area contributed by atoms with Gasteiger partial charge in [0.05, 0.1) is 6.42 Å². The van der Waals surface area contributed by atoms with Crippen molar-refractivity contribution in [1.29, 1.82) is 0 Å². The van der Waals surface area contributed by atoms with Crippen molar-refractivity contribution in [2.24, 2.45) is 17.1 Å². The maximum absolute atomic E-state index is 11.1. The molecule has 100 valence electrons. The lowest BCUT2D eigenvalue weighted by molar-refractivity contribution is -0.141. The quantitative estimate of drug-likeness (QED) is 0.702. The van der Waals surface area contributed by atoms with Gasteiger partial charge in [-0.05, 0) is 37.1 Å². The third kappa shape index (κ3) is 3.98. The summed E-state index contributed by atoms with van der Waals surface area (Å²) >= 11 is 0. The molecular formula is C14H27NO2. The van der Waals surface area contributed by atoms with Crippen molar-refractivity contribution in [3.63, 3.8) is 0 Å². The van der Waals surface area contributed by atoms with Crippen LogP contribution in [0, 0.1) is 11.3 Å². The zero-order chi connectivity index (χ0) is 12.7. The Bertz CT molecular complexity index is 242. The Morgan fingerprint density at radius 2 is 2.18 bits per heavy atom. The van der Waals surface area contributed by atoms with Crippen molar-refractivity contribution in [3.05, 3.63) is 0 Å². The van der Waals surface area contributed by atoms with Gasteiger partial charge in [-0.1, -0.05) is 39.0 Å². The van der Waals surface area contributed by atoms with Gasteiger partial charge in [0.15, 0.2) is 0 Å². The molecule has 0 aliphatic heterocycles. The Morgan fingerprint density at radius 3 is 2.76 bits per heavy atom. The number of carbonyl (C=O) groups is 1. The van der Waals surface area contributed by atoms with Crippen molar-refractivity contribution in [2.75, 3.05) is 6.54 Å². The van der Waals surface area contributed by atoms with E-state index in [9.17, 15) is 4.79 Å². The fourth-order valence-electron chi connectivity index (χ4n) is 3.33. The molecule has 0 spiro atoms. The molecule has 1 saturated carbocycles. The molecule has 17 heavy (non-hydrogen) atoms. The number of rotatable bonds is 6. The van der Waals surface area contributed by atoms with Crippen LogP contribution < -0.4 is 5.73 Å². The Balaban J connectivity index is 2.78. The highest BCUT2D eigenvalue weighted by Gasteiger charge is 2.39. The molecular weight excluding hydrogens is 214 g/mol. The molecule has 1 aliphatic rings. The molecule has 1 rings (SSSR count). The van der Waals surface area contributed by atoms with Crippen LogP contribution in [0.25, 0.3) is 0 Å². The largest absolute Gasteiger partial charge is 0.481 e. The average Bonchev–Trinajstić information content (AvgIpc) is 2.49. The fraction of sp³-hybridized carbons (Fsp3) is 0.929. The predicted octanol–water partition coefficient (Wildman–Crippen LogP) is 3.18. The van der Waals surface area contributed by atoms with E-state index in [1.807, 2.05) is 0 Å². The van der Waals surface area contributed by atoms with Crippen LogP contribution in [0.15, 0.2) is 0 Å². The molecule has 3 nitrogen and oxygen atoms in total. The van der Waals surface area contributed by atoms with Gasteiger partial charge in [0.2, 0.25) is 0 Å². The lowest BCUT2D eigenvalue weighted by Gasteiger charge is -2.38. The second kappa shape index (κ2) is 7.00. The summed E-state index contributed by atoms with van der Waals surface area (Å²) in [7, 11) is 0. The number of nitrogens with two attached hydrogens (primary N) is 1. The van der Waals surface area contributed by atoms with Crippen LogP contribution in [0.4, 0.5) is 0 Å². The lowest BCUT2D eigenvalue weighted by atomic mass is 9.68. The fourth-order valence-corrected chi connectivity index (χ4v) is 3.33. The predicted molar refractivity (Wildman–Crippen MR) is 69.8 cm³/mol. The maximum Gasteiger partial charge on any atom is 0.303 e. The summed E-state index contributed by atoms with van der Waals surface area (Å²) in [6, 6.07) is 0. The minimum absolute atomic E-state index is 0.127. The van der Waals surface area contributed by atoms with E-state index in [1.54, 1.807) is 0 Å². The third-order valence-electron chi connectivity index (χ3n) is 4.41. The van der Waals surface area contributed by atoms with Crippen LogP contribution in [0.1, 0.15) is 64.7 Å². The summed E-state index contributed by atoms with van der Waals surface area (Å²) in [5.74, 6) is -0.162. The van der Waals surface area contributed by atoms with Crippen LogP contribution in [0.3, 0.4) is 0 Å². The number of hydrogen-bond donors (Lipinski definition) is 2.